The molecular weight excluding hydrogens is 267 g/mol. The summed E-state index contributed by atoms with van der Waals surface area (Å²) in [6, 6.07) is 27.5. The molecule has 0 aliphatic carbocycles. The number of hydrogen-bond acceptors (Lipinski definition) is 0. The van der Waals surface area contributed by atoms with Crippen LogP contribution in [0.2, 0.25) is 0 Å². The highest BCUT2D eigenvalue weighted by molar-refractivity contribution is 8.17. The van der Waals surface area contributed by atoms with Crippen LogP contribution >= 0.6 is 10.9 Å². The lowest BCUT2D eigenvalue weighted by Crippen LogP contribution is -1.88. The van der Waals surface area contributed by atoms with E-state index >= 15 is 0 Å². The second kappa shape index (κ2) is 5.93. The van der Waals surface area contributed by atoms with Crippen molar-refractivity contribution in [2.75, 3.05) is 0 Å². The lowest BCUT2D eigenvalue weighted by molar-refractivity contribution is 0.624. The van der Waals surface area contributed by atoms with E-state index in [9.17, 15) is 4.39 Å². The highest BCUT2D eigenvalue weighted by Crippen LogP contribution is 2.50. The summed E-state index contributed by atoms with van der Waals surface area (Å²) in [7, 11) is -0.702. The van der Waals surface area contributed by atoms with Gasteiger partial charge < -0.3 is 0 Å². The third-order valence-corrected chi connectivity index (χ3v) is 5.52. The largest absolute Gasteiger partial charge is 0.207 e. The maximum absolute atomic E-state index is 13.6. The van der Waals surface area contributed by atoms with Crippen LogP contribution in [0.5, 0.6) is 0 Å². The molecule has 0 spiro atoms. The summed E-state index contributed by atoms with van der Waals surface area (Å²) in [6.07, 6.45) is 0. The zero-order valence-corrected chi connectivity index (χ0v) is 11.8. The van der Waals surface area contributed by atoms with E-state index in [4.69, 9.17) is 0 Å². The van der Waals surface area contributed by atoms with Gasteiger partial charge in [0.05, 0.1) is 0 Å². The van der Waals surface area contributed by atoms with Crippen LogP contribution < -0.4 is 0 Å². The van der Waals surface area contributed by atoms with Crippen LogP contribution in [0.15, 0.2) is 99.6 Å². The normalized spacial score (nSPS) is 11.2. The van der Waals surface area contributed by atoms with Gasteiger partial charge in [-0.1, -0.05) is 42.5 Å². The summed E-state index contributed by atoms with van der Waals surface area (Å²) in [5.41, 5.74) is 0. The molecule has 0 heterocycles. The molecule has 3 rings (SSSR count). The number of rotatable bonds is 3. The van der Waals surface area contributed by atoms with Gasteiger partial charge >= 0.3 is 0 Å². The molecule has 0 aliphatic rings. The van der Waals surface area contributed by atoms with Crippen LogP contribution in [0.25, 0.3) is 0 Å². The van der Waals surface area contributed by atoms with Crippen molar-refractivity contribution in [2.45, 2.75) is 14.7 Å². The van der Waals surface area contributed by atoms with Crippen molar-refractivity contribution in [3.8, 4) is 0 Å². The first-order chi connectivity index (χ1) is 9.84. The number of thiol groups is 1. The first-order valence-corrected chi connectivity index (χ1v) is 7.84. The molecule has 0 saturated carbocycles. The third-order valence-electron chi connectivity index (χ3n) is 3.10. The van der Waals surface area contributed by atoms with Crippen molar-refractivity contribution in [3.63, 3.8) is 0 Å². The zero-order chi connectivity index (χ0) is 13.8. The Kier molecular flexibility index (Phi) is 3.84. The van der Waals surface area contributed by atoms with E-state index in [-0.39, 0.29) is 5.82 Å². The Labute approximate surface area is 121 Å². The lowest BCUT2D eigenvalue weighted by Gasteiger charge is -2.23. The molecule has 0 amide bonds. The van der Waals surface area contributed by atoms with Gasteiger partial charge in [-0.3, -0.25) is 0 Å². The second-order valence-electron chi connectivity index (χ2n) is 4.49. The first kappa shape index (κ1) is 12.9. The minimum absolute atomic E-state index is 0.179. The summed E-state index contributed by atoms with van der Waals surface area (Å²) >= 11 is 0. The molecule has 20 heavy (non-hydrogen) atoms. The van der Waals surface area contributed by atoms with Gasteiger partial charge in [0.15, 0.2) is 0 Å². The van der Waals surface area contributed by atoms with Crippen molar-refractivity contribution in [1.82, 2.24) is 0 Å². The highest BCUT2D eigenvalue weighted by atomic mass is 32.2. The molecular formula is C18H15FS. The van der Waals surface area contributed by atoms with E-state index in [0.29, 0.717) is 0 Å². The SMILES string of the molecule is Fc1cccc([SH](c2ccccc2)c2ccccc2)c1. The van der Waals surface area contributed by atoms with E-state index in [1.54, 1.807) is 12.1 Å². The number of halogens is 1. The van der Waals surface area contributed by atoms with Gasteiger partial charge in [0.2, 0.25) is 0 Å². The molecule has 0 aliphatic heterocycles. The Morgan fingerprint density at radius 2 is 1.05 bits per heavy atom. The summed E-state index contributed by atoms with van der Waals surface area (Å²) < 4.78 is 13.6. The third kappa shape index (κ3) is 2.75. The summed E-state index contributed by atoms with van der Waals surface area (Å²) in [6.45, 7) is 0. The van der Waals surface area contributed by atoms with Crippen LogP contribution in [0.3, 0.4) is 0 Å². The summed E-state index contributed by atoms with van der Waals surface area (Å²) in [4.78, 5) is 3.51. The fraction of sp³-hybridized carbons (Fsp3) is 0. The minimum atomic E-state index is -0.702. The molecule has 100 valence electrons. The topological polar surface area (TPSA) is 0 Å². The molecule has 0 atom stereocenters. The first-order valence-electron chi connectivity index (χ1n) is 6.50. The molecule has 0 unspecified atom stereocenters. The van der Waals surface area contributed by atoms with Crippen LogP contribution in [-0.2, 0) is 0 Å². The standard InChI is InChI=1S/C18H15FS/c19-15-8-7-13-18(14-15)20(16-9-3-1-4-10-16)17-11-5-2-6-12-17/h1-14,20H. The van der Waals surface area contributed by atoms with E-state index in [1.807, 2.05) is 42.5 Å². The van der Waals surface area contributed by atoms with Crippen LogP contribution in [-0.4, -0.2) is 0 Å². The molecule has 3 aromatic carbocycles. The van der Waals surface area contributed by atoms with Crippen molar-refractivity contribution in [1.29, 1.82) is 0 Å². The van der Waals surface area contributed by atoms with Gasteiger partial charge in [-0.2, -0.15) is 10.9 Å². The monoisotopic (exact) mass is 282 g/mol. The molecule has 0 aromatic heterocycles. The van der Waals surface area contributed by atoms with Gasteiger partial charge in [-0.25, -0.2) is 4.39 Å². The molecule has 3 aromatic rings. The van der Waals surface area contributed by atoms with Gasteiger partial charge in [0.1, 0.15) is 5.82 Å². The Balaban J connectivity index is 2.14. The number of hydrogen-bond donors (Lipinski definition) is 1. The van der Waals surface area contributed by atoms with Crippen molar-refractivity contribution >= 4 is 10.9 Å². The van der Waals surface area contributed by atoms with E-state index in [0.717, 1.165) is 4.90 Å². The fourth-order valence-electron chi connectivity index (χ4n) is 2.22. The maximum Gasteiger partial charge on any atom is 0.124 e. The molecule has 0 bridgehead atoms. The minimum Gasteiger partial charge on any atom is -0.207 e. The molecule has 0 fully saturated rings. The Hall–Kier alpha value is -2.06. The molecule has 0 saturated heterocycles. The van der Waals surface area contributed by atoms with E-state index in [2.05, 4.69) is 24.3 Å². The van der Waals surface area contributed by atoms with Gasteiger partial charge in [-0.05, 0) is 57.2 Å². The van der Waals surface area contributed by atoms with Crippen LogP contribution in [0.1, 0.15) is 0 Å². The predicted octanol–water partition coefficient (Wildman–Crippen LogP) is 5.30. The van der Waals surface area contributed by atoms with Gasteiger partial charge in [0, 0.05) is 0 Å². The van der Waals surface area contributed by atoms with Gasteiger partial charge in [0.25, 0.3) is 0 Å². The van der Waals surface area contributed by atoms with Gasteiger partial charge in [-0.15, -0.1) is 0 Å². The Bertz CT molecular complexity index is 641. The lowest BCUT2D eigenvalue weighted by atomic mass is 10.3. The zero-order valence-electron chi connectivity index (χ0n) is 10.9. The van der Waals surface area contributed by atoms with E-state index in [1.165, 1.54) is 15.9 Å². The summed E-state index contributed by atoms with van der Waals surface area (Å²) in [5, 5.41) is 0. The van der Waals surface area contributed by atoms with Crippen LogP contribution in [0, 0.1) is 5.82 Å². The molecule has 2 heteroatoms. The summed E-state index contributed by atoms with van der Waals surface area (Å²) in [5.74, 6) is -0.179. The highest BCUT2D eigenvalue weighted by Gasteiger charge is 2.12. The molecule has 0 radical (unpaired) electrons. The predicted molar refractivity (Wildman–Crippen MR) is 83.1 cm³/mol. The smallest absolute Gasteiger partial charge is 0.124 e. The van der Waals surface area contributed by atoms with Crippen LogP contribution in [0.4, 0.5) is 4.39 Å². The average Bonchev–Trinajstić information content (AvgIpc) is 2.50. The Morgan fingerprint density at radius 3 is 1.55 bits per heavy atom. The maximum atomic E-state index is 13.6. The van der Waals surface area contributed by atoms with Crippen molar-refractivity contribution < 1.29 is 4.39 Å². The van der Waals surface area contributed by atoms with Crippen molar-refractivity contribution in [3.05, 3.63) is 90.7 Å². The van der Waals surface area contributed by atoms with Crippen molar-refractivity contribution in [2.24, 2.45) is 0 Å². The molecule has 0 nitrogen and oxygen atoms in total. The van der Waals surface area contributed by atoms with E-state index < -0.39 is 10.9 Å². The number of benzene rings is 3. The quantitative estimate of drug-likeness (QED) is 0.619. The Morgan fingerprint density at radius 1 is 0.550 bits per heavy atom. The molecule has 0 N–H and O–H groups in total. The fourth-order valence-corrected chi connectivity index (χ4v) is 4.54. The second-order valence-corrected chi connectivity index (χ2v) is 6.71. The average molecular weight is 282 g/mol.